The number of nitriles is 1. The highest BCUT2D eigenvalue weighted by atomic mass is 16.5. The van der Waals surface area contributed by atoms with Gasteiger partial charge in [-0.3, -0.25) is 9.69 Å². The van der Waals surface area contributed by atoms with Crippen molar-refractivity contribution in [3.63, 3.8) is 0 Å². The van der Waals surface area contributed by atoms with Crippen LogP contribution in [0.5, 0.6) is 0 Å². The van der Waals surface area contributed by atoms with E-state index in [9.17, 15) is 4.79 Å². The number of nitrogens with zero attached hydrogens (tertiary/aromatic N) is 3. The predicted octanol–water partition coefficient (Wildman–Crippen LogP) is 2.02. The molecule has 0 bridgehead atoms. The van der Waals surface area contributed by atoms with Crippen LogP contribution in [0.3, 0.4) is 0 Å². The van der Waals surface area contributed by atoms with E-state index in [1.54, 1.807) is 0 Å². The summed E-state index contributed by atoms with van der Waals surface area (Å²) < 4.78 is 5.55. The maximum absolute atomic E-state index is 12.5. The van der Waals surface area contributed by atoms with Crippen LogP contribution in [-0.2, 0) is 16.1 Å². The minimum absolute atomic E-state index is 0.0926. The van der Waals surface area contributed by atoms with Gasteiger partial charge in [0, 0.05) is 39.3 Å². The first-order valence-corrected chi connectivity index (χ1v) is 8.83. The number of hydrogen-bond acceptors (Lipinski definition) is 4. The van der Waals surface area contributed by atoms with Gasteiger partial charge in [-0.2, -0.15) is 5.26 Å². The van der Waals surface area contributed by atoms with Crippen LogP contribution in [0.1, 0.15) is 30.9 Å². The number of benzene rings is 1. The smallest absolute Gasteiger partial charge is 0.228 e. The molecular weight excluding hydrogens is 302 g/mol. The molecule has 1 saturated heterocycles. The zero-order valence-electron chi connectivity index (χ0n) is 14.3. The van der Waals surface area contributed by atoms with E-state index in [1.165, 1.54) is 5.56 Å². The molecule has 5 nitrogen and oxygen atoms in total. The molecule has 128 valence electrons. The highest BCUT2D eigenvalue weighted by Crippen LogP contribution is 2.35. The molecule has 1 aromatic carbocycles. The highest BCUT2D eigenvalue weighted by molar-refractivity contribution is 5.82. The highest BCUT2D eigenvalue weighted by Gasteiger charge is 2.45. The number of carbonyl (C=O) groups is 1. The molecular formula is C19H25N3O2. The molecule has 2 atom stereocenters. The van der Waals surface area contributed by atoms with Crippen molar-refractivity contribution in [3.05, 3.63) is 35.4 Å². The van der Waals surface area contributed by atoms with Crippen LogP contribution in [-0.4, -0.2) is 54.6 Å². The number of hydrogen-bond donors (Lipinski definition) is 0. The van der Waals surface area contributed by atoms with Crippen LogP contribution in [0.4, 0.5) is 0 Å². The lowest BCUT2D eigenvalue weighted by Gasteiger charge is -2.22. The van der Waals surface area contributed by atoms with Crippen molar-refractivity contribution >= 4 is 5.91 Å². The van der Waals surface area contributed by atoms with Gasteiger partial charge in [-0.1, -0.05) is 12.1 Å². The Labute approximate surface area is 143 Å². The second-order valence-electron chi connectivity index (χ2n) is 6.60. The minimum Gasteiger partial charge on any atom is -0.378 e. The van der Waals surface area contributed by atoms with Crippen LogP contribution >= 0.6 is 0 Å². The average molecular weight is 327 g/mol. The summed E-state index contributed by atoms with van der Waals surface area (Å²) >= 11 is 0. The Kier molecular flexibility index (Phi) is 5.49. The number of amides is 1. The Morgan fingerprint density at radius 1 is 1.25 bits per heavy atom. The van der Waals surface area contributed by atoms with Crippen LogP contribution in [0, 0.1) is 17.2 Å². The third-order valence-electron chi connectivity index (χ3n) is 4.82. The van der Waals surface area contributed by atoms with Gasteiger partial charge in [0.2, 0.25) is 5.91 Å². The Balaban J connectivity index is 1.50. The first-order valence-electron chi connectivity index (χ1n) is 8.83. The van der Waals surface area contributed by atoms with Crippen molar-refractivity contribution in [3.8, 4) is 6.07 Å². The standard InChI is InChI=1S/C19H25N3O2/c1-2-24-18-12-17(18)19(23)22-9-3-8-21(10-11-22)14-16-6-4-15(13-20)5-7-16/h4-7,17-18H,2-3,8-12,14H2,1H3. The monoisotopic (exact) mass is 327 g/mol. The Bertz CT molecular complexity index is 608. The first kappa shape index (κ1) is 16.9. The maximum Gasteiger partial charge on any atom is 0.228 e. The summed E-state index contributed by atoms with van der Waals surface area (Å²) in [6, 6.07) is 9.91. The fourth-order valence-corrected chi connectivity index (χ4v) is 3.36. The normalized spacial score (nSPS) is 24.2. The van der Waals surface area contributed by atoms with Gasteiger partial charge in [-0.25, -0.2) is 0 Å². The summed E-state index contributed by atoms with van der Waals surface area (Å²) in [5.41, 5.74) is 1.91. The molecule has 1 aliphatic carbocycles. The lowest BCUT2D eigenvalue weighted by atomic mass is 10.1. The summed E-state index contributed by atoms with van der Waals surface area (Å²) in [5.74, 6) is 0.365. The predicted molar refractivity (Wildman–Crippen MR) is 91.2 cm³/mol. The summed E-state index contributed by atoms with van der Waals surface area (Å²) in [4.78, 5) is 16.9. The SMILES string of the molecule is CCOC1CC1C(=O)N1CCCN(Cc2ccc(C#N)cc2)CC1. The lowest BCUT2D eigenvalue weighted by Crippen LogP contribution is -2.36. The van der Waals surface area contributed by atoms with Crippen molar-refractivity contribution in [2.75, 3.05) is 32.8 Å². The minimum atomic E-state index is 0.0926. The van der Waals surface area contributed by atoms with Crippen molar-refractivity contribution < 1.29 is 9.53 Å². The Morgan fingerprint density at radius 3 is 2.75 bits per heavy atom. The van der Waals surface area contributed by atoms with Crippen LogP contribution in [0.25, 0.3) is 0 Å². The van der Waals surface area contributed by atoms with Gasteiger partial charge < -0.3 is 9.64 Å². The molecule has 2 fully saturated rings. The molecule has 2 unspecified atom stereocenters. The van der Waals surface area contributed by atoms with E-state index >= 15 is 0 Å². The molecule has 1 amide bonds. The third kappa shape index (κ3) is 4.14. The lowest BCUT2D eigenvalue weighted by molar-refractivity contribution is -0.133. The zero-order chi connectivity index (χ0) is 16.9. The third-order valence-corrected chi connectivity index (χ3v) is 4.82. The number of carbonyl (C=O) groups excluding carboxylic acids is 1. The Hall–Kier alpha value is -1.90. The summed E-state index contributed by atoms with van der Waals surface area (Å²) in [7, 11) is 0. The van der Waals surface area contributed by atoms with E-state index in [2.05, 4.69) is 11.0 Å². The van der Waals surface area contributed by atoms with E-state index in [0.717, 1.165) is 45.6 Å². The van der Waals surface area contributed by atoms with E-state index in [-0.39, 0.29) is 17.9 Å². The van der Waals surface area contributed by atoms with Gasteiger partial charge in [0.05, 0.1) is 23.7 Å². The molecule has 0 radical (unpaired) electrons. The maximum atomic E-state index is 12.5. The number of rotatable bonds is 5. The second-order valence-corrected chi connectivity index (χ2v) is 6.60. The first-order chi connectivity index (χ1) is 11.7. The van der Waals surface area contributed by atoms with Crippen molar-refractivity contribution in [1.29, 1.82) is 5.26 Å². The molecule has 5 heteroatoms. The van der Waals surface area contributed by atoms with Gasteiger partial charge in [-0.15, -0.1) is 0 Å². The van der Waals surface area contributed by atoms with Crippen molar-refractivity contribution in [1.82, 2.24) is 9.80 Å². The molecule has 1 heterocycles. The van der Waals surface area contributed by atoms with E-state index < -0.39 is 0 Å². The molecule has 0 spiro atoms. The summed E-state index contributed by atoms with van der Waals surface area (Å²) in [6.07, 6.45) is 2.05. The van der Waals surface area contributed by atoms with Crippen LogP contribution < -0.4 is 0 Å². The van der Waals surface area contributed by atoms with Gasteiger partial charge in [0.25, 0.3) is 0 Å². The van der Waals surface area contributed by atoms with Gasteiger partial charge in [-0.05, 0) is 37.5 Å². The van der Waals surface area contributed by atoms with Crippen molar-refractivity contribution in [2.45, 2.75) is 32.4 Å². The molecule has 1 aromatic rings. The molecule has 1 saturated carbocycles. The molecule has 1 aliphatic heterocycles. The largest absolute Gasteiger partial charge is 0.378 e. The van der Waals surface area contributed by atoms with Gasteiger partial charge >= 0.3 is 0 Å². The average Bonchev–Trinajstić information content (AvgIpc) is 3.39. The topological polar surface area (TPSA) is 56.6 Å². The molecule has 2 aliphatic rings. The van der Waals surface area contributed by atoms with E-state index in [1.807, 2.05) is 36.1 Å². The van der Waals surface area contributed by atoms with Gasteiger partial charge in [0.1, 0.15) is 0 Å². The molecule has 0 N–H and O–H groups in total. The second kappa shape index (κ2) is 7.78. The zero-order valence-corrected chi connectivity index (χ0v) is 14.3. The summed E-state index contributed by atoms with van der Waals surface area (Å²) in [5, 5.41) is 8.86. The molecule has 3 rings (SSSR count). The fourth-order valence-electron chi connectivity index (χ4n) is 3.36. The molecule has 0 aromatic heterocycles. The summed E-state index contributed by atoms with van der Waals surface area (Å²) in [6.45, 7) is 7.09. The van der Waals surface area contributed by atoms with E-state index in [0.29, 0.717) is 12.2 Å². The van der Waals surface area contributed by atoms with Crippen molar-refractivity contribution in [2.24, 2.45) is 5.92 Å². The van der Waals surface area contributed by atoms with E-state index in [4.69, 9.17) is 10.00 Å². The van der Waals surface area contributed by atoms with Crippen LogP contribution in [0.15, 0.2) is 24.3 Å². The van der Waals surface area contributed by atoms with Crippen LogP contribution in [0.2, 0.25) is 0 Å². The fraction of sp³-hybridized carbons (Fsp3) is 0.579. The number of ether oxygens (including phenoxy) is 1. The Morgan fingerprint density at radius 2 is 2.04 bits per heavy atom. The van der Waals surface area contributed by atoms with Gasteiger partial charge in [0.15, 0.2) is 0 Å². The quantitative estimate of drug-likeness (QED) is 0.830. The molecule has 24 heavy (non-hydrogen) atoms.